The smallest absolute Gasteiger partial charge is 0.0838 e. The van der Waals surface area contributed by atoms with Crippen molar-refractivity contribution in [1.82, 2.24) is 0 Å². The van der Waals surface area contributed by atoms with Gasteiger partial charge in [-0.1, -0.05) is 44.2 Å². The molecule has 0 aliphatic heterocycles. The summed E-state index contributed by atoms with van der Waals surface area (Å²) in [5.74, 6) is 0. The predicted molar refractivity (Wildman–Crippen MR) is 91.1 cm³/mol. The van der Waals surface area contributed by atoms with Gasteiger partial charge < -0.3 is 0 Å². The molecule has 2 heteroatoms. The average molecular weight is 305 g/mol. The third kappa shape index (κ3) is 3.39. The molecule has 1 atom stereocenters. The Morgan fingerprint density at radius 2 is 1.70 bits per heavy atom. The van der Waals surface area contributed by atoms with Gasteiger partial charge in [0.25, 0.3) is 0 Å². The second-order valence-electron chi connectivity index (χ2n) is 4.88. The monoisotopic (exact) mass is 304 g/mol. The maximum absolute atomic E-state index is 6.73. The first-order chi connectivity index (χ1) is 9.69. The molecule has 0 saturated carbocycles. The number of hydrogen-bond acceptors (Lipinski definition) is 1. The van der Waals surface area contributed by atoms with E-state index in [1.54, 1.807) is 11.8 Å². The maximum Gasteiger partial charge on any atom is 0.0838 e. The molecule has 0 heterocycles. The van der Waals surface area contributed by atoms with Gasteiger partial charge in [-0.15, -0.1) is 23.4 Å². The zero-order valence-electron chi connectivity index (χ0n) is 12.3. The minimum atomic E-state index is -0.0626. The molecule has 0 saturated heterocycles. The Morgan fingerprint density at radius 3 is 2.25 bits per heavy atom. The van der Waals surface area contributed by atoms with E-state index in [2.05, 4.69) is 62.6 Å². The van der Waals surface area contributed by atoms with Crippen molar-refractivity contribution in [3.05, 3.63) is 64.7 Å². The summed E-state index contributed by atoms with van der Waals surface area (Å²) in [6.45, 7) is 4.37. The molecule has 0 spiro atoms. The minimum absolute atomic E-state index is 0.0626. The molecular weight excluding hydrogens is 284 g/mol. The van der Waals surface area contributed by atoms with Gasteiger partial charge in [0.15, 0.2) is 0 Å². The zero-order valence-corrected chi connectivity index (χ0v) is 13.9. The van der Waals surface area contributed by atoms with Gasteiger partial charge in [0.05, 0.1) is 5.38 Å². The first-order valence-corrected chi connectivity index (χ1v) is 8.75. The lowest BCUT2D eigenvalue weighted by Gasteiger charge is -2.16. The molecule has 0 bridgehead atoms. The van der Waals surface area contributed by atoms with Crippen LogP contribution in [0.1, 0.15) is 41.5 Å². The Labute approximate surface area is 131 Å². The number of aryl methyl sites for hydroxylation is 2. The fraction of sp³-hybridized carbons (Fsp3) is 0.333. The van der Waals surface area contributed by atoms with Crippen molar-refractivity contribution in [2.24, 2.45) is 0 Å². The van der Waals surface area contributed by atoms with Gasteiger partial charge in [-0.25, -0.2) is 0 Å². The van der Waals surface area contributed by atoms with E-state index in [1.165, 1.54) is 27.1 Å². The number of hydrogen-bond donors (Lipinski definition) is 0. The van der Waals surface area contributed by atoms with Crippen LogP contribution >= 0.6 is 23.4 Å². The van der Waals surface area contributed by atoms with Crippen molar-refractivity contribution >= 4 is 23.4 Å². The summed E-state index contributed by atoms with van der Waals surface area (Å²) in [5.41, 5.74) is 5.12. The van der Waals surface area contributed by atoms with Crippen LogP contribution in [-0.4, -0.2) is 6.26 Å². The molecule has 0 aromatic heterocycles. The highest BCUT2D eigenvalue weighted by molar-refractivity contribution is 7.98. The Kier molecular flexibility index (Phi) is 5.56. The lowest BCUT2D eigenvalue weighted by atomic mass is 9.95. The van der Waals surface area contributed by atoms with Gasteiger partial charge in [-0.2, -0.15) is 0 Å². The Balaban J connectivity index is 2.37. The summed E-state index contributed by atoms with van der Waals surface area (Å²) in [4.78, 5) is 1.27. The third-order valence-electron chi connectivity index (χ3n) is 3.68. The van der Waals surface area contributed by atoms with Gasteiger partial charge in [0.1, 0.15) is 0 Å². The summed E-state index contributed by atoms with van der Waals surface area (Å²) in [7, 11) is 0. The number of halogens is 1. The summed E-state index contributed by atoms with van der Waals surface area (Å²) >= 11 is 8.49. The van der Waals surface area contributed by atoms with Crippen molar-refractivity contribution in [2.75, 3.05) is 6.26 Å². The fourth-order valence-corrected chi connectivity index (χ4v) is 3.13. The zero-order chi connectivity index (χ0) is 14.5. The van der Waals surface area contributed by atoms with Crippen LogP contribution in [-0.2, 0) is 12.8 Å². The minimum Gasteiger partial charge on any atom is -0.130 e. The molecule has 0 aliphatic carbocycles. The summed E-state index contributed by atoms with van der Waals surface area (Å²) in [5, 5.41) is -0.0626. The molecule has 0 N–H and O–H groups in total. The van der Waals surface area contributed by atoms with Gasteiger partial charge in [0.2, 0.25) is 0 Å². The number of rotatable bonds is 5. The van der Waals surface area contributed by atoms with Gasteiger partial charge in [-0.05, 0) is 53.5 Å². The van der Waals surface area contributed by atoms with Gasteiger partial charge in [0, 0.05) is 4.90 Å². The van der Waals surface area contributed by atoms with E-state index in [-0.39, 0.29) is 5.38 Å². The van der Waals surface area contributed by atoms with Crippen LogP contribution in [0.2, 0.25) is 0 Å². The van der Waals surface area contributed by atoms with Crippen LogP contribution < -0.4 is 0 Å². The molecule has 2 rings (SSSR count). The van der Waals surface area contributed by atoms with Crippen molar-refractivity contribution in [1.29, 1.82) is 0 Å². The van der Waals surface area contributed by atoms with Crippen LogP contribution in [0.15, 0.2) is 47.4 Å². The molecule has 0 radical (unpaired) electrons. The van der Waals surface area contributed by atoms with Crippen LogP contribution in [0, 0.1) is 0 Å². The molecule has 2 aromatic rings. The molecule has 0 amide bonds. The van der Waals surface area contributed by atoms with Crippen LogP contribution in [0.4, 0.5) is 0 Å². The summed E-state index contributed by atoms with van der Waals surface area (Å²) in [6.07, 6.45) is 4.16. The van der Waals surface area contributed by atoms with Crippen molar-refractivity contribution in [2.45, 2.75) is 37.0 Å². The van der Waals surface area contributed by atoms with Gasteiger partial charge in [-0.3, -0.25) is 0 Å². The SMILES string of the molecule is CCc1ccc(CC)c(C(Cl)c2ccc(SC)cc2)c1. The average Bonchev–Trinajstić information content (AvgIpc) is 2.53. The maximum atomic E-state index is 6.73. The molecule has 2 aromatic carbocycles. The lowest BCUT2D eigenvalue weighted by Crippen LogP contribution is -2.00. The largest absolute Gasteiger partial charge is 0.130 e. The highest BCUT2D eigenvalue weighted by Crippen LogP contribution is 2.33. The molecule has 20 heavy (non-hydrogen) atoms. The van der Waals surface area contributed by atoms with Crippen molar-refractivity contribution in [3.8, 4) is 0 Å². The topological polar surface area (TPSA) is 0 Å². The Morgan fingerprint density at radius 1 is 1.00 bits per heavy atom. The van der Waals surface area contributed by atoms with E-state index in [0.717, 1.165) is 12.8 Å². The predicted octanol–water partition coefficient (Wildman–Crippen LogP) is 5.86. The summed E-state index contributed by atoms with van der Waals surface area (Å²) in [6, 6.07) is 15.3. The quantitative estimate of drug-likeness (QED) is 0.492. The second kappa shape index (κ2) is 7.19. The fourth-order valence-electron chi connectivity index (χ4n) is 2.37. The second-order valence-corrected chi connectivity index (χ2v) is 6.19. The Bertz CT molecular complexity index is 560. The van der Waals surface area contributed by atoms with Crippen molar-refractivity contribution in [3.63, 3.8) is 0 Å². The van der Waals surface area contributed by atoms with E-state index in [4.69, 9.17) is 11.6 Å². The van der Waals surface area contributed by atoms with E-state index in [0.29, 0.717) is 0 Å². The first-order valence-electron chi connectivity index (χ1n) is 7.09. The third-order valence-corrected chi connectivity index (χ3v) is 4.91. The Hall–Kier alpha value is -0.920. The normalized spacial score (nSPS) is 12.4. The molecule has 0 aliphatic rings. The standard InChI is InChI=1S/C18H21ClS/c1-4-13-6-7-14(5-2)17(12-13)18(19)15-8-10-16(20-3)11-9-15/h6-12,18H,4-5H2,1-3H3. The molecular formula is C18H21ClS. The van der Waals surface area contributed by atoms with Gasteiger partial charge >= 0.3 is 0 Å². The number of benzene rings is 2. The first kappa shape index (κ1) is 15.5. The lowest BCUT2D eigenvalue weighted by molar-refractivity contribution is 1.02. The molecule has 106 valence electrons. The van der Waals surface area contributed by atoms with E-state index in [9.17, 15) is 0 Å². The molecule has 0 fully saturated rings. The highest BCUT2D eigenvalue weighted by Gasteiger charge is 2.14. The number of alkyl halides is 1. The highest BCUT2D eigenvalue weighted by atomic mass is 35.5. The van der Waals surface area contributed by atoms with Crippen LogP contribution in [0.25, 0.3) is 0 Å². The van der Waals surface area contributed by atoms with Crippen molar-refractivity contribution < 1.29 is 0 Å². The van der Waals surface area contributed by atoms with Crippen LogP contribution in [0.5, 0.6) is 0 Å². The molecule has 0 nitrogen and oxygen atoms in total. The van der Waals surface area contributed by atoms with Crippen LogP contribution in [0.3, 0.4) is 0 Å². The number of thioether (sulfide) groups is 1. The van der Waals surface area contributed by atoms with E-state index >= 15 is 0 Å². The molecule has 1 unspecified atom stereocenters. The van der Waals surface area contributed by atoms with E-state index < -0.39 is 0 Å². The van der Waals surface area contributed by atoms with E-state index in [1.807, 2.05) is 0 Å². The summed E-state index contributed by atoms with van der Waals surface area (Å²) < 4.78 is 0.